The van der Waals surface area contributed by atoms with Crippen LogP contribution >= 0.6 is 0 Å². The second-order valence-corrected chi connectivity index (χ2v) is 6.03. The Morgan fingerprint density at radius 1 is 1.12 bits per heavy atom. The summed E-state index contributed by atoms with van der Waals surface area (Å²) < 4.78 is 24.4. The maximum atomic E-state index is 13.1. The Labute approximate surface area is 147 Å². The van der Waals surface area contributed by atoms with Crippen molar-refractivity contribution in [3.8, 4) is 11.5 Å². The number of aliphatic carboxylic acids is 1. The maximum absolute atomic E-state index is 13.1. The van der Waals surface area contributed by atoms with Crippen molar-refractivity contribution in [3.05, 3.63) is 59.4 Å². The van der Waals surface area contributed by atoms with Crippen LogP contribution in [0.15, 0.2) is 42.5 Å². The number of carboxylic acids is 1. The molecule has 1 N–H and O–H groups in total. The molecular weight excluding hydrogens is 323 g/mol. The van der Waals surface area contributed by atoms with Crippen molar-refractivity contribution in [2.24, 2.45) is 0 Å². The minimum atomic E-state index is -0.952. The van der Waals surface area contributed by atoms with E-state index in [0.29, 0.717) is 23.7 Å². The van der Waals surface area contributed by atoms with Crippen molar-refractivity contribution < 1.29 is 23.8 Å². The minimum Gasteiger partial charge on any atom is -0.490 e. The highest BCUT2D eigenvalue weighted by Crippen LogP contribution is 2.31. The predicted molar refractivity (Wildman–Crippen MR) is 93.9 cm³/mol. The molecule has 25 heavy (non-hydrogen) atoms. The average Bonchev–Trinajstić information content (AvgIpc) is 2.55. The van der Waals surface area contributed by atoms with Crippen molar-refractivity contribution in [2.75, 3.05) is 6.61 Å². The molecule has 0 aliphatic rings. The van der Waals surface area contributed by atoms with Crippen LogP contribution in [0.25, 0.3) is 0 Å². The Morgan fingerprint density at radius 2 is 1.80 bits per heavy atom. The summed E-state index contributed by atoms with van der Waals surface area (Å²) in [5.74, 6) is -0.869. The van der Waals surface area contributed by atoms with E-state index >= 15 is 0 Å². The molecule has 0 saturated heterocycles. The van der Waals surface area contributed by atoms with Crippen molar-refractivity contribution >= 4 is 5.97 Å². The number of halogens is 1. The summed E-state index contributed by atoms with van der Waals surface area (Å²) in [5, 5.41) is 9.55. The first-order valence-electron chi connectivity index (χ1n) is 8.31. The van der Waals surface area contributed by atoms with E-state index in [1.54, 1.807) is 12.1 Å². The van der Waals surface area contributed by atoms with Crippen LogP contribution in [0.2, 0.25) is 0 Å². The van der Waals surface area contributed by atoms with Gasteiger partial charge >= 0.3 is 5.97 Å². The summed E-state index contributed by atoms with van der Waals surface area (Å²) in [5.41, 5.74) is 1.38. The van der Waals surface area contributed by atoms with Gasteiger partial charge in [-0.2, -0.15) is 0 Å². The first-order valence-corrected chi connectivity index (χ1v) is 8.31. The summed E-state index contributed by atoms with van der Waals surface area (Å²) in [6.45, 7) is 6.22. The summed E-state index contributed by atoms with van der Waals surface area (Å²) in [4.78, 5) is 11.7. The molecular formula is C20H23FO4. The van der Waals surface area contributed by atoms with E-state index in [2.05, 4.69) is 0 Å². The third-order valence-electron chi connectivity index (χ3n) is 3.68. The quantitative estimate of drug-likeness (QED) is 0.769. The SMILES string of the molecule is CCOc1cc(CC(C(=O)O)c2ccc(F)cc2)ccc1OC(C)C. The molecule has 2 aromatic rings. The Morgan fingerprint density at radius 3 is 2.36 bits per heavy atom. The topological polar surface area (TPSA) is 55.8 Å². The molecule has 2 aromatic carbocycles. The van der Waals surface area contributed by atoms with Crippen LogP contribution in [0.1, 0.15) is 37.8 Å². The molecule has 134 valence electrons. The van der Waals surface area contributed by atoms with Gasteiger partial charge in [-0.05, 0) is 62.6 Å². The first-order chi connectivity index (χ1) is 11.9. The summed E-state index contributed by atoms with van der Waals surface area (Å²) in [6.07, 6.45) is 0.291. The van der Waals surface area contributed by atoms with Gasteiger partial charge in [-0.15, -0.1) is 0 Å². The highest BCUT2D eigenvalue weighted by Gasteiger charge is 2.21. The Kier molecular flexibility index (Phi) is 6.39. The fourth-order valence-corrected chi connectivity index (χ4v) is 2.58. The molecule has 0 bridgehead atoms. The fourth-order valence-electron chi connectivity index (χ4n) is 2.58. The zero-order chi connectivity index (χ0) is 18.4. The van der Waals surface area contributed by atoms with E-state index in [1.807, 2.05) is 26.8 Å². The molecule has 0 aliphatic carbocycles. The molecule has 0 radical (unpaired) electrons. The molecule has 4 nitrogen and oxygen atoms in total. The lowest BCUT2D eigenvalue weighted by Crippen LogP contribution is -2.15. The molecule has 0 spiro atoms. The van der Waals surface area contributed by atoms with E-state index in [1.165, 1.54) is 24.3 Å². The molecule has 0 aromatic heterocycles. The maximum Gasteiger partial charge on any atom is 0.311 e. The molecule has 1 atom stereocenters. The third-order valence-corrected chi connectivity index (χ3v) is 3.68. The van der Waals surface area contributed by atoms with Gasteiger partial charge < -0.3 is 14.6 Å². The lowest BCUT2D eigenvalue weighted by molar-refractivity contribution is -0.138. The van der Waals surface area contributed by atoms with Gasteiger partial charge in [-0.3, -0.25) is 4.79 Å². The van der Waals surface area contributed by atoms with Crippen LogP contribution in [-0.2, 0) is 11.2 Å². The second-order valence-electron chi connectivity index (χ2n) is 6.03. The van der Waals surface area contributed by atoms with Gasteiger partial charge in [0.1, 0.15) is 5.82 Å². The van der Waals surface area contributed by atoms with E-state index in [4.69, 9.17) is 9.47 Å². The molecule has 0 heterocycles. The summed E-state index contributed by atoms with van der Waals surface area (Å²) in [7, 11) is 0. The minimum absolute atomic E-state index is 0.0102. The lowest BCUT2D eigenvalue weighted by atomic mass is 9.92. The third kappa shape index (κ3) is 5.21. The van der Waals surface area contributed by atoms with Gasteiger partial charge in [0.25, 0.3) is 0 Å². The summed E-state index contributed by atoms with van der Waals surface area (Å²) in [6, 6.07) is 11.0. The first kappa shape index (κ1) is 18.8. The van der Waals surface area contributed by atoms with Crippen molar-refractivity contribution in [3.63, 3.8) is 0 Å². The van der Waals surface area contributed by atoms with Gasteiger partial charge in [0, 0.05) is 0 Å². The molecule has 1 unspecified atom stereocenters. The van der Waals surface area contributed by atoms with Crippen LogP contribution in [0.5, 0.6) is 11.5 Å². The number of ether oxygens (including phenoxy) is 2. The smallest absolute Gasteiger partial charge is 0.311 e. The number of carboxylic acid groups (broad SMARTS) is 1. The predicted octanol–water partition coefficient (Wildman–Crippen LogP) is 4.42. The fraction of sp³-hybridized carbons (Fsp3) is 0.350. The van der Waals surface area contributed by atoms with Gasteiger partial charge in [-0.25, -0.2) is 4.39 Å². The van der Waals surface area contributed by atoms with E-state index in [0.717, 1.165) is 5.56 Å². The molecule has 0 saturated carbocycles. The van der Waals surface area contributed by atoms with Crippen LogP contribution < -0.4 is 9.47 Å². The molecule has 0 fully saturated rings. The Bertz CT molecular complexity index is 710. The molecule has 5 heteroatoms. The highest BCUT2D eigenvalue weighted by molar-refractivity contribution is 5.76. The highest BCUT2D eigenvalue weighted by atomic mass is 19.1. The zero-order valence-electron chi connectivity index (χ0n) is 14.7. The van der Waals surface area contributed by atoms with Gasteiger partial charge in [0.2, 0.25) is 0 Å². The lowest BCUT2D eigenvalue weighted by Gasteiger charge is -2.17. The summed E-state index contributed by atoms with van der Waals surface area (Å²) >= 11 is 0. The normalized spacial score (nSPS) is 12.0. The van der Waals surface area contributed by atoms with E-state index in [9.17, 15) is 14.3 Å². The van der Waals surface area contributed by atoms with Crippen molar-refractivity contribution in [1.82, 2.24) is 0 Å². The van der Waals surface area contributed by atoms with Crippen LogP contribution in [0, 0.1) is 5.82 Å². The van der Waals surface area contributed by atoms with Crippen LogP contribution in [0.4, 0.5) is 4.39 Å². The number of benzene rings is 2. The van der Waals surface area contributed by atoms with E-state index < -0.39 is 11.9 Å². The van der Waals surface area contributed by atoms with E-state index in [-0.39, 0.29) is 18.3 Å². The average molecular weight is 346 g/mol. The number of hydrogen-bond donors (Lipinski definition) is 1. The second kappa shape index (κ2) is 8.51. The Balaban J connectivity index is 2.28. The monoisotopic (exact) mass is 346 g/mol. The van der Waals surface area contributed by atoms with Gasteiger partial charge in [0.15, 0.2) is 11.5 Å². The number of hydrogen-bond acceptors (Lipinski definition) is 3. The van der Waals surface area contributed by atoms with Crippen LogP contribution in [-0.4, -0.2) is 23.8 Å². The standard InChI is InChI=1S/C20H23FO4/c1-4-24-19-12-14(5-10-18(19)25-13(2)3)11-17(20(22)23)15-6-8-16(21)9-7-15/h5-10,12-13,17H,4,11H2,1-3H3,(H,22,23). The van der Waals surface area contributed by atoms with Gasteiger partial charge in [-0.1, -0.05) is 18.2 Å². The molecule has 2 rings (SSSR count). The molecule has 0 aliphatic heterocycles. The van der Waals surface area contributed by atoms with Crippen molar-refractivity contribution in [1.29, 1.82) is 0 Å². The number of carbonyl (C=O) groups is 1. The molecule has 0 amide bonds. The Hall–Kier alpha value is -2.56. The van der Waals surface area contributed by atoms with Gasteiger partial charge in [0.05, 0.1) is 18.6 Å². The number of rotatable bonds is 8. The largest absolute Gasteiger partial charge is 0.490 e. The van der Waals surface area contributed by atoms with Crippen molar-refractivity contribution in [2.45, 2.75) is 39.2 Å². The van der Waals surface area contributed by atoms with Crippen LogP contribution in [0.3, 0.4) is 0 Å². The zero-order valence-corrected chi connectivity index (χ0v) is 14.7.